The largest absolute Gasteiger partial charge is 0.481 e. The number of hydrogen-bond donors (Lipinski definition) is 3. The molecule has 0 bridgehead atoms. The number of aryl methyl sites for hydroxylation is 2. The number of piperidine rings is 1. The molecule has 200 valence electrons. The van der Waals surface area contributed by atoms with Crippen molar-refractivity contribution in [3.8, 4) is 5.75 Å². The number of para-hydroxylation sites is 1. The van der Waals surface area contributed by atoms with Gasteiger partial charge in [0.15, 0.2) is 6.61 Å². The molecule has 11 nitrogen and oxygen atoms in total. The highest BCUT2D eigenvalue weighted by Crippen LogP contribution is 2.38. The van der Waals surface area contributed by atoms with Crippen LogP contribution in [0.3, 0.4) is 0 Å². The zero-order valence-electron chi connectivity index (χ0n) is 21.7. The molecule has 5 rings (SSSR count). The number of fused-ring (bicyclic) bond motifs is 2. The highest BCUT2D eigenvalue weighted by atomic mass is 16.5. The maximum absolute atomic E-state index is 12.9. The van der Waals surface area contributed by atoms with Gasteiger partial charge in [-0.3, -0.25) is 24.4 Å². The molecule has 0 saturated carbocycles. The number of aromatic nitrogens is 3. The van der Waals surface area contributed by atoms with Crippen LogP contribution in [0.25, 0.3) is 10.9 Å². The van der Waals surface area contributed by atoms with Crippen LogP contribution in [0.1, 0.15) is 78.7 Å². The minimum Gasteiger partial charge on any atom is -0.481 e. The van der Waals surface area contributed by atoms with Gasteiger partial charge in [-0.2, -0.15) is 5.10 Å². The molecule has 2 aliphatic rings. The molecule has 38 heavy (non-hydrogen) atoms. The Balaban J connectivity index is 1.36. The Bertz CT molecular complexity index is 1440. The van der Waals surface area contributed by atoms with Crippen LogP contribution in [0.5, 0.6) is 5.75 Å². The van der Waals surface area contributed by atoms with E-state index < -0.39 is 17.8 Å². The zero-order chi connectivity index (χ0) is 27.0. The van der Waals surface area contributed by atoms with E-state index in [1.165, 1.54) is 0 Å². The van der Waals surface area contributed by atoms with Crippen LogP contribution in [0.2, 0.25) is 0 Å². The molecule has 3 aromatic rings. The molecular weight excluding hydrogens is 490 g/mol. The van der Waals surface area contributed by atoms with Crippen molar-refractivity contribution < 1.29 is 28.7 Å². The SMILES string of the molecule is CCOC(=O)c1c(NC(=O)COc2cccc3c(C4CCC(=O)NC4=O)nn(C)c23)[nH]c2c1C(C)CCC2. The van der Waals surface area contributed by atoms with Crippen LogP contribution >= 0.6 is 0 Å². The van der Waals surface area contributed by atoms with Gasteiger partial charge in [0.2, 0.25) is 11.8 Å². The second-order valence-corrected chi connectivity index (χ2v) is 9.78. The zero-order valence-corrected chi connectivity index (χ0v) is 21.7. The number of anilines is 1. The van der Waals surface area contributed by atoms with Crippen molar-refractivity contribution in [1.29, 1.82) is 0 Å². The summed E-state index contributed by atoms with van der Waals surface area (Å²) >= 11 is 0. The van der Waals surface area contributed by atoms with Gasteiger partial charge in [0, 0.05) is 24.5 Å². The van der Waals surface area contributed by atoms with Crippen LogP contribution in [-0.2, 0) is 32.6 Å². The molecule has 0 spiro atoms. The summed E-state index contributed by atoms with van der Waals surface area (Å²) in [5.41, 5.74) is 3.43. The lowest BCUT2D eigenvalue weighted by Gasteiger charge is -2.19. The summed E-state index contributed by atoms with van der Waals surface area (Å²) in [7, 11) is 1.74. The minimum atomic E-state index is -0.544. The standard InChI is InChI=1S/C27H31N5O6/c1-4-37-27(36)22-21-14(2)7-5-9-17(21)28-25(22)29-20(34)13-38-18-10-6-8-15-23(31-32(3)24(15)18)16-11-12-19(33)30-26(16)35/h6,8,10,14,16,28H,4-5,7,9,11-13H2,1-3H3,(H,29,34)(H,30,33,35). The van der Waals surface area contributed by atoms with Crippen molar-refractivity contribution in [3.63, 3.8) is 0 Å². The van der Waals surface area contributed by atoms with Crippen molar-refractivity contribution in [2.75, 3.05) is 18.5 Å². The first-order valence-electron chi connectivity index (χ1n) is 12.9. The Morgan fingerprint density at radius 1 is 1.21 bits per heavy atom. The number of benzene rings is 1. The number of ether oxygens (including phenoxy) is 2. The van der Waals surface area contributed by atoms with Gasteiger partial charge < -0.3 is 19.8 Å². The highest BCUT2D eigenvalue weighted by Gasteiger charge is 2.33. The van der Waals surface area contributed by atoms with E-state index in [9.17, 15) is 19.2 Å². The van der Waals surface area contributed by atoms with Gasteiger partial charge in [-0.1, -0.05) is 19.1 Å². The van der Waals surface area contributed by atoms with Gasteiger partial charge in [0.05, 0.1) is 18.2 Å². The van der Waals surface area contributed by atoms with E-state index in [-0.39, 0.29) is 37.4 Å². The summed E-state index contributed by atoms with van der Waals surface area (Å²) in [4.78, 5) is 53.0. The number of imide groups is 1. The number of aromatic amines is 1. The molecule has 0 radical (unpaired) electrons. The van der Waals surface area contributed by atoms with Crippen molar-refractivity contribution in [2.45, 2.75) is 57.8 Å². The number of hydrogen-bond acceptors (Lipinski definition) is 7. The van der Waals surface area contributed by atoms with E-state index in [4.69, 9.17) is 9.47 Å². The number of nitrogens with one attached hydrogen (secondary N) is 3. The minimum absolute atomic E-state index is 0.178. The summed E-state index contributed by atoms with van der Waals surface area (Å²) in [5, 5.41) is 10.4. The summed E-state index contributed by atoms with van der Waals surface area (Å²) in [5.74, 6) is -1.17. The van der Waals surface area contributed by atoms with Crippen molar-refractivity contribution in [2.24, 2.45) is 7.05 Å². The fourth-order valence-corrected chi connectivity index (χ4v) is 5.52. The molecule has 2 aromatic heterocycles. The second-order valence-electron chi connectivity index (χ2n) is 9.78. The molecule has 1 aliphatic heterocycles. The molecule has 1 aliphatic carbocycles. The van der Waals surface area contributed by atoms with Gasteiger partial charge >= 0.3 is 5.97 Å². The second kappa shape index (κ2) is 10.3. The smallest absolute Gasteiger partial charge is 0.342 e. The molecule has 3 N–H and O–H groups in total. The van der Waals surface area contributed by atoms with Crippen LogP contribution < -0.4 is 15.4 Å². The first-order valence-corrected chi connectivity index (χ1v) is 12.9. The number of rotatable bonds is 7. The summed E-state index contributed by atoms with van der Waals surface area (Å²) in [6, 6.07) is 5.33. The Morgan fingerprint density at radius 2 is 2.03 bits per heavy atom. The molecule has 3 heterocycles. The van der Waals surface area contributed by atoms with Crippen LogP contribution in [0.4, 0.5) is 5.82 Å². The van der Waals surface area contributed by atoms with Crippen LogP contribution in [-0.4, -0.2) is 51.7 Å². The molecule has 3 amide bonds. The van der Waals surface area contributed by atoms with E-state index in [1.54, 1.807) is 30.8 Å². The maximum Gasteiger partial charge on any atom is 0.342 e. The molecule has 11 heteroatoms. The van der Waals surface area contributed by atoms with Gasteiger partial charge in [0.1, 0.15) is 22.6 Å². The number of amides is 3. The van der Waals surface area contributed by atoms with E-state index >= 15 is 0 Å². The number of carbonyl (C=O) groups excluding carboxylic acids is 4. The summed E-state index contributed by atoms with van der Waals surface area (Å²) in [6.07, 6.45) is 3.40. The summed E-state index contributed by atoms with van der Waals surface area (Å²) in [6.45, 7) is 3.75. The van der Waals surface area contributed by atoms with Gasteiger partial charge in [-0.15, -0.1) is 0 Å². The van der Waals surface area contributed by atoms with Gasteiger partial charge in [0.25, 0.3) is 5.91 Å². The Labute approximate surface area is 219 Å². The highest BCUT2D eigenvalue weighted by molar-refractivity contribution is 6.04. The molecule has 2 atom stereocenters. The molecular formula is C27H31N5O6. The third-order valence-corrected chi connectivity index (χ3v) is 7.21. The lowest BCUT2D eigenvalue weighted by molar-refractivity contribution is -0.134. The molecule has 1 fully saturated rings. The monoisotopic (exact) mass is 521 g/mol. The third kappa shape index (κ3) is 4.64. The predicted octanol–water partition coefficient (Wildman–Crippen LogP) is 3.06. The first-order chi connectivity index (χ1) is 18.3. The molecule has 2 unspecified atom stereocenters. The van der Waals surface area contributed by atoms with E-state index in [1.807, 2.05) is 6.07 Å². The Kier molecular flexibility index (Phi) is 6.92. The summed E-state index contributed by atoms with van der Waals surface area (Å²) < 4.78 is 12.8. The number of esters is 1. The average molecular weight is 522 g/mol. The van der Waals surface area contributed by atoms with Crippen LogP contribution in [0.15, 0.2) is 18.2 Å². The number of H-pyrrole nitrogens is 1. The molecule has 1 aromatic carbocycles. The molecule has 1 saturated heterocycles. The average Bonchev–Trinajstić information content (AvgIpc) is 3.41. The Morgan fingerprint density at radius 3 is 2.79 bits per heavy atom. The first kappa shape index (κ1) is 25.5. The lowest BCUT2D eigenvalue weighted by Crippen LogP contribution is -2.39. The van der Waals surface area contributed by atoms with Crippen molar-refractivity contribution in [3.05, 3.63) is 40.7 Å². The number of carbonyl (C=O) groups is 4. The predicted molar refractivity (Wildman–Crippen MR) is 138 cm³/mol. The topological polar surface area (TPSA) is 144 Å². The van der Waals surface area contributed by atoms with Gasteiger partial charge in [-0.25, -0.2) is 4.79 Å². The quantitative estimate of drug-likeness (QED) is 0.320. The maximum atomic E-state index is 12.9. The van der Waals surface area contributed by atoms with Crippen molar-refractivity contribution >= 4 is 40.4 Å². The normalized spacial score (nSPS) is 19.1. The lowest BCUT2D eigenvalue weighted by atomic mass is 9.86. The fourth-order valence-electron chi connectivity index (χ4n) is 5.52. The fraction of sp³-hybridized carbons (Fsp3) is 0.444. The Hall–Kier alpha value is -4.15. The van der Waals surface area contributed by atoms with E-state index in [2.05, 4.69) is 27.6 Å². The van der Waals surface area contributed by atoms with E-state index in [0.29, 0.717) is 34.8 Å². The van der Waals surface area contributed by atoms with Gasteiger partial charge in [-0.05, 0) is 50.2 Å². The number of nitrogens with zero attached hydrogens (tertiary/aromatic N) is 2. The third-order valence-electron chi connectivity index (χ3n) is 7.21. The van der Waals surface area contributed by atoms with Crippen LogP contribution in [0, 0.1) is 0 Å². The van der Waals surface area contributed by atoms with E-state index in [0.717, 1.165) is 35.9 Å². The van der Waals surface area contributed by atoms with Crippen molar-refractivity contribution in [1.82, 2.24) is 20.1 Å².